The number of sulfonamides is 1. The number of halogens is 3. The lowest BCUT2D eigenvalue weighted by atomic mass is 10.2. The summed E-state index contributed by atoms with van der Waals surface area (Å²) in [4.78, 5) is 0.101. The van der Waals surface area contributed by atoms with E-state index in [0.29, 0.717) is 27.6 Å². The molecule has 6 nitrogen and oxygen atoms in total. The molecular formula is C19H17F3N4O2S. The second-order valence-corrected chi connectivity index (χ2v) is 8.36. The summed E-state index contributed by atoms with van der Waals surface area (Å²) in [5, 5.41) is 5.01. The quantitative estimate of drug-likeness (QED) is 0.543. The predicted octanol–water partition coefficient (Wildman–Crippen LogP) is 3.83. The Kier molecular flexibility index (Phi) is 4.43. The summed E-state index contributed by atoms with van der Waals surface area (Å²) >= 11 is 0. The van der Waals surface area contributed by atoms with Crippen LogP contribution in [0.2, 0.25) is 0 Å². The Morgan fingerprint density at radius 2 is 1.76 bits per heavy atom. The summed E-state index contributed by atoms with van der Waals surface area (Å²) < 4.78 is 69.3. The molecule has 2 aromatic carbocycles. The molecule has 0 radical (unpaired) electrons. The first kappa shape index (κ1) is 19.5. The smallest absolute Gasteiger partial charge is 0.306 e. The molecule has 0 aliphatic heterocycles. The van der Waals surface area contributed by atoms with Crippen molar-refractivity contribution in [2.75, 3.05) is 6.54 Å². The van der Waals surface area contributed by atoms with E-state index in [1.807, 2.05) is 0 Å². The standard InChI is InChI=1S/C19H17F3N4O2S/c1-3-23-29(27,28)14-8-9-16-15(10-14)18-17(11-25(2)24-18)26(16)13-6-4-12(5-7-13)19(20,21)22/h4-11,23H,3H2,1-2H3. The highest BCUT2D eigenvalue weighted by Gasteiger charge is 2.30. The van der Waals surface area contributed by atoms with E-state index in [0.717, 1.165) is 12.1 Å². The summed E-state index contributed by atoms with van der Waals surface area (Å²) in [6, 6.07) is 9.46. The van der Waals surface area contributed by atoms with Gasteiger partial charge in [-0.2, -0.15) is 18.3 Å². The molecule has 0 bridgehead atoms. The topological polar surface area (TPSA) is 68.9 Å². The first-order valence-electron chi connectivity index (χ1n) is 8.77. The van der Waals surface area contributed by atoms with E-state index in [9.17, 15) is 21.6 Å². The molecule has 4 rings (SSSR count). The third-order valence-corrected chi connectivity index (χ3v) is 6.16. The molecule has 0 saturated carbocycles. The number of aryl methyl sites for hydroxylation is 1. The Bertz CT molecular complexity index is 1320. The van der Waals surface area contributed by atoms with Gasteiger partial charge in [0, 0.05) is 30.9 Å². The van der Waals surface area contributed by atoms with Gasteiger partial charge >= 0.3 is 6.18 Å². The minimum atomic E-state index is -4.42. The monoisotopic (exact) mass is 422 g/mol. The lowest BCUT2D eigenvalue weighted by Crippen LogP contribution is -2.23. The van der Waals surface area contributed by atoms with Crippen molar-refractivity contribution in [3.8, 4) is 5.69 Å². The van der Waals surface area contributed by atoms with Crippen LogP contribution in [-0.4, -0.2) is 29.3 Å². The van der Waals surface area contributed by atoms with E-state index in [-0.39, 0.29) is 11.4 Å². The first-order valence-corrected chi connectivity index (χ1v) is 10.3. The fraction of sp³-hybridized carbons (Fsp3) is 0.211. The van der Waals surface area contributed by atoms with Gasteiger partial charge in [0.25, 0.3) is 0 Å². The van der Waals surface area contributed by atoms with E-state index >= 15 is 0 Å². The second-order valence-electron chi connectivity index (χ2n) is 6.60. The SMILES string of the molecule is CCNS(=O)(=O)c1ccc2c(c1)c1nn(C)cc1n2-c1ccc(C(F)(F)F)cc1. The Balaban J connectivity index is 1.96. The number of fused-ring (bicyclic) bond motifs is 3. The van der Waals surface area contributed by atoms with Crippen LogP contribution in [0.1, 0.15) is 12.5 Å². The molecule has 10 heteroatoms. The number of benzene rings is 2. The van der Waals surface area contributed by atoms with Crippen molar-refractivity contribution in [1.29, 1.82) is 0 Å². The van der Waals surface area contributed by atoms with Crippen molar-refractivity contribution in [2.45, 2.75) is 18.0 Å². The summed E-state index contributed by atoms with van der Waals surface area (Å²) in [6.07, 6.45) is -2.68. The van der Waals surface area contributed by atoms with Crippen LogP contribution in [0.5, 0.6) is 0 Å². The average Bonchev–Trinajstić information content (AvgIpc) is 3.15. The molecular weight excluding hydrogens is 405 g/mol. The molecule has 4 aromatic rings. The van der Waals surface area contributed by atoms with E-state index in [2.05, 4.69) is 9.82 Å². The second kappa shape index (κ2) is 6.60. The predicted molar refractivity (Wildman–Crippen MR) is 103 cm³/mol. The first-order chi connectivity index (χ1) is 13.6. The number of hydrogen-bond donors (Lipinski definition) is 1. The van der Waals surface area contributed by atoms with Gasteiger partial charge in [0.05, 0.1) is 21.5 Å². The van der Waals surface area contributed by atoms with Crippen LogP contribution >= 0.6 is 0 Å². The van der Waals surface area contributed by atoms with Crippen LogP contribution in [0.4, 0.5) is 13.2 Å². The zero-order valence-corrected chi connectivity index (χ0v) is 16.3. The number of rotatable bonds is 4. The van der Waals surface area contributed by atoms with Crippen LogP contribution in [0.3, 0.4) is 0 Å². The number of aromatic nitrogens is 3. The minimum Gasteiger partial charge on any atom is -0.306 e. The van der Waals surface area contributed by atoms with Crippen LogP contribution in [0.25, 0.3) is 27.6 Å². The molecule has 0 fully saturated rings. The van der Waals surface area contributed by atoms with Crippen molar-refractivity contribution in [1.82, 2.24) is 19.1 Å². The molecule has 152 valence electrons. The summed E-state index contributed by atoms with van der Waals surface area (Å²) in [5.41, 5.74) is 1.67. The molecule has 0 atom stereocenters. The molecule has 0 unspecified atom stereocenters. The van der Waals surface area contributed by atoms with Gasteiger partial charge in [-0.15, -0.1) is 0 Å². The molecule has 0 amide bonds. The number of nitrogens with zero attached hydrogens (tertiary/aromatic N) is 3. The molecule has 29 heavy (non-hydrogen) atoms. The molecule has 0 spiro atoms. The molecule has 1 N–H and O–H groups in total. The summed E-state index contributed by atoms with van der Waals surface area (Å²) in [5.74, 6) is 0. The molecule has 0 aliphatic carbocycles. The maximum atomic E-state index is 12.9. The van der Waals surface area contributed by atoms with Gasteiger partial charge in [-0.1, -0.05) is 6.92 Å². The van der Waals surface area contributed by atoms with E-state index in [4.69, 9.17) is 0 Å². The van der Waals surface area contributed by atoms with Gasteiger partial charge in [0.2, 0.25) is 10.0 Å². The summed E-state index contributed by atoms with van der Waals surface area (Å²) in [7, 11) is -1.94. The number of alkyl halides is 3. The van der Waals surface area contributed by atoms with Crippen molar-refractivity contribution in [2.24, 2.45) is 7.05 Å². The van der Waals surface area contributed by atoms with E-state index in [1.165, 1.54) is 24.3 Å². The lowest BCUT2D eigenvalue weighted by Gasteiger charge is -2.10. The Morgan fingerprint density at radius 3 is 2.38 bits per heavy atom. The normalized spacial score (nSPS) is 12.9. The highest BCUT2D eigenvalue weighted by molar-refractivity contribution is 7.89. The lowest BCUT2D eigenvalue weighted by molar-refractivity contribution is -0.137. The van der Waals surface area contributed by atoms with Crippen molar-refractivity contribution in [3.63, 3.8) is 0 Å². The maximum Gasteiger partial charge on any atom is 0.416 e. The molecule has 2 heterocycles. The fourth-order valence-corrected chi connectivity index (χ4v) is 4.45. The van der Waals surface area contributed by atoms with Crippen molar-refractivity contribution < 1.29 is 21.6 Å². The fourth-order valence-electron chi connectivity index (χ4n) is 3.38. The van der Waals surface area contributed by atoms with E-state index in [1.54, 1.807) is 35.5 Å². The van der Waals surface area contributed by atoms with Crippen molar-refractivity contribution in [3.05, 3.63) is 54.2 Å². The van der Waals surface area contributed by atoms with Gasteiger partial charge in [-0.25, -0.2) is 13.1 Å². The zero-order chi connectivity index (χ0) is 21.0. The zero-order valence-electron chi connectivity index (χ0n) is 15.5. The summed E-state index contributed by atoms with van der Waals surface area (Å²) in [6.45, 7) is 1.94. The average molecular weight is 422 g/mol. The molecule has 2 aromatic heterocycles. The van der Waals surface area contributed by atoms with Crippen LogP contribution < -0.4 is 4.72 Å². The third-order valence-electron chi connectivity index (χ3n) is 4.61. The highest BCUT2D eigenvalue weighted by atomic mass is 32.2. The van der Waals surface area contributed by atoms with Crippen molar-refractivity contribution >= 4 is 32.0 Å². The van der Waals surface area contributed by atoms with Crippen LogP contribution in [-0.2, 0) is 23.2 Å². The number of nitrogens with one attached hydrogen (secondary N) is 1. The van der Waals surface area contributed by atoms with Gasteiger partial charge < -0.3 is 4.57 Å². The Labute approximate surface area is 164 Å². The van der Waals surface area contributed by atoms with Gasteiger partial charge in [-0.3, -0.25) is 4.68 Å². The maximum absolute atomic E-state index is 12.9. The highest BCUT2D eigenvalue weighted by Crippen LogP contribution is 2.34. The Hall–Kier alpha value is -2.85. The van der Waals surface area contributed by atoms with Gasteiger partial charge in [0.15, 0.2) is 0 Å². The van der Waals surface area contributed by atoms with Crippen LogP contribution in [0, 0.1) is 0 Å². The molecule has 0 saturated heterocycles. The number of hydrogen-bond acceptors (Lipinski definition) is 3. The van der Waals surface area contributed by atoms with Gasteiger partial charge in [-0.05, 0) is 42.5 Å². The largest absolute Gasteiger partial charge is 0.416 e. The Morgan fingerprint density at radius 1 is 1.07 bits per heavy atom. The minimum absolute atomic E-state index is 0.101. The molecule has 0 aliphatic rings. The van der Waals surface area contributed by atoms with E-state index < -0.39 is 21.8 Å². The van der Waals surface area contributed by atoms with Gasteiger partial charge in [0.1, 0.15) is 5.52 Å². The van der Waals surface area contributed by atoms with Crippen LogP contribution in [0.15, 0.2) is 53.6 Å². The third kappa shape index (κ3) is 3.28.